The van der Waals surface area contributed by atoms with E-state index in [1.807, 2.05) is 0 Å². The Morgan fingerprint density at radius 1 is 1.43 bits per heavy atom. The van der Waals surface area contributed by atoms with E-state index in [0.717, 1.165) is 0 Å². The van der Waals surface area contributed by atoms with Crippen LogP contribution in [0.4, 0.5) is 14.6 Å². The van der Waals surface area contributed by atoms with Gasteiger partial charge in [-0.1, -0.05) is 11.6 Å². The number of amidine groups is 1. The molecule has 0 amide bonds. The van der Waals surface area contributed by atoms with E-state index in [1.165, 1.54) is 12.4 Å². The van der Waals surface area contributed by atoms with Gasteiger partial charge < -0.3 is 5.73 Å². The van der Waals surface area contributed by atoms with Gasteiger partial charge in [0, 0.05) is 6.92 Å². The van der Waals surface area contributed by atoms with Gasteiger partial charge in [-0.25, -0.2) is 19.9 Å². The van der Waals surface area contributed by atoms with Crippen molar-refractivity contribution in [3.63, 3.8) is 0 Å². The molecule has 2 aromatic heterocycles. The van der Waals surface area contributed by atoms with E-state index in [9.17, 15) is 8.78 Å². The number of hydrogen-bond donors (Lipinski definition) is 2. The Hall–Kier alpha value is -1.87. The van der Waals surface area contributed by atoms with Crippen molar-refractivity contribution in [1.82, 2.24) is 15.0 Å². The van der Waals surface area contributed by atoms with Crippen molar-refractivity contribution in [2.24, 2.45) is 10.7 Å². The summed E-state index contributed by atoms with van der Waals surface area (Å²) in [6.07, 6.45) is 1.21. The van der Waals surface area contributed by atoms with Crippen molar-refractivity contribution in [1.29, 1.82) is 5.41 Å². The molecule has 0 saturated carbocycles. The summed E-state index contributed by atoms with van der Waals surface area (Å²) in [6.45, 7) is 0.613. The summed E-state index contributed by atoms with van der Waals surface area (Å²) in [4.78, 5) is 15.7. The van der Waals surface area contributed by atoms with E-state index >= 15 is 0 Å². The third-order valence-electron chi connectivity index (χ3n) is 2.26. The van der Waals surface area contributed by atoms with Crippen molar-refractivity contribution in [3.05, 3.63) is 23.6 Å². The zero-order chi connectivity index (χ0) is 15.6. The van der Waals surface area contributed by atoms with Crippen LogP contribution in [0.3, 0.4) is 0 Å². The van der Waals surface area contributed by atoms with Crippen LogP contribution in [-0.4, -0.2) is 31.1 Å². The highest BCUT2D eigenvalue weighted by molar-refractivity contribution is 8.26. The summed E-state index contributed by atoms with van der Waals surface area (Å²) in [6, 6.07) is 3.12. The number of hydrogen-bond acceptors (Lipinski definition) is 6. The summed E-state index contributed by atoms with van der Waals surface area (Å²) in [7, 11) is 0. The van der Waals surface area contributed by atoms with Crippen LogP contribution in [-0.2, 0) is 0 Å². The summed E-state index contributed by atoms with van der Waals surface area (Å²) in [5, 5.41) is 6.82. The standard InChI is InChI=1S/C11H9ClF2N6S/c1-11(13,14)9(15)21-10(16)20-8-5-2-3-6(12)19-7(5)17-4-18-8/h2-4,15H,1H3,(H2,16,17,18,19,20). The Morgan fingerprint density at radius 3 is 2.81 bits per heavy atom. The number of nitrogens with zero attached hydrogens (tertiary/aromatic N) is 4. The topological polar surface area (TPSA) is 101 Å². The van der Waals surface area contributed by atoms with Gasteiger partial charge in [0.2, 0.25) is 0 Å². The summed E-state index contributed by atoms with van der Waals surface area (Å²) < 4.78 is 25.8. The van der Waals surface area contributed by atoms with Gasteiger partial charge in [-0.2, -0.15) is 8.78 Å². The van der Waals surface area contributed by atoms with E-state index in [2.05, 4.69) is 19.9 Å². The number of rotatable bonds is 2. The number of nitrogens with two attached hydrogens (primary N) is 1. The van der Waals surface area contributed by atoms with Gasteiger partial charge in [-0.15, -0.1) is 0 Å². The Bertz CT molecular complexity index is 730. The van der Waals surface area contributed by atoms with Crippen LogP contribution in [0.25, 0.3) is 11.0 Å². The lowest BCUT2D eigenvalue weighted by Crippen LogP contribution is -2.23. The van der Waals surface area contributed by atoms with Gasteiger partial charge in [0.15, 0.2) is 16.6 Å². The van der Waals surface area contributed by atoms with Crippen LogP contribution in [0.15, 0.2) is 23.5 Å². The predicted octanol–water partition coefficient (Wildman–Crippen LogP) is 2.99. The maximum absolute atomic E-state index is 12.9. The second-order valence-electron chi connectivity index (χ2n) is 3.97. The first-order valence-corrected chi connectivity index (χ1v) is 6.73. The molecule has 0 aromatic carbocycles. The fourth-order valence-electron chi connectivity index (χ4n) is 1.32. The molecule has 110 valence electrons. The quantitative estimate of drug-likeness (QED) is 0.501. The lowest BCUT2D eigenvalue weighted by Gasteiger charge is -2.10. The number of pyridine rings is 1. The molecule has 0 fully saturated rings. The van der Waals surface area contributed by atoms with Crippen LogP contribution < -0.4 is 5.73 Å². The van der Waals surface area contributed by atoms with Crippen LogP contribution in [0, 0.1) is 5.41 Å². The molecule has 3 N–H and O–H groups in total. The maximum Gasteiger partial charge on any atom is 0.292 e. The van der Waals surface area contributed by atoms with Gasteiger partial charge in [0.25, 0.3) is 5.92 Å². The predicted molar refractivity (Wildman–Crippen MR) is 79.6 cm³/mol. The molecular weight excluding hydrogens is 322 g/mol. The van der Waals surface area contributed by atoms with Crippen LogP contribution in [0.2, 0.25) is 5.15 Å². The molecule has 2 heterocycles. The average molecular weight is 331 g/mol. The molecule has 2 rings (SSSR count). The van der Waals surface area contributed by atoms with E-state index in [-0.39, 0.29) is 16.1 Å². The third kappa shape index (κ3) is 3.82. The second-order valence-corrected chi connectivity index (χ2v) is 5.39. The molecule has 10 heteroatoms. The minimum Gasteiger partial charge on any atom is -0.378 e. The largest absolute Gasteiger partial charge is 0.378 e. The molecule has 0 aliphatic carbocycles. The first-order chi connectivity index (χ1) is 9.77. The lowest BCUT2D eigenvalue weighted by atomic mass is 10.3. The minimum atomic E-state index is -3.27. The van der Waals surface area contributed by atoms with Crippen molar-refractivity contribution in [2.75, 3.05) is 0 Å². The number of halogens is 3. The number of fused-ring (bicyclic) bond motifs is 1. The number of aromatic nitrogens is 3. The van der Waals surface area contributed by atoms with E-state index in [0.29, 0.717) is 29.7 Å². The summed E-state index contributed by atoms with van der Waals surface area (Å²) >= 11 is 6.12. The highest BCUT2D eigenvalue weighted by atomic mass is 35.5. The van der Waals surface area contributed by atoms with Gasteiger partial charge in [-0.05, 0) is 23.9 Å². The Labute approximate surface area is 127 Å². The van der Waals surface area contributed by atoms with E-state index in [4.69, 9.17) is 22.7 Å². The first-order valence-electron chi connectivity index (χ1n) is 5.53. The molecule has 0 saturated heterocycles. The molecule has 0 bridgehead atoms. The molecule has 0 aliphatic heterocycles. The van der Waals surface area contributed by atoms with Crippen molar-refractivity contribution in [3.8, 4) is 0 Å². The zero-order valence-corrected chi connectivity index (χ0v) is 12.2. The van der Waals surface area contributed by atoms with Crippen molar-refractivity contribution >= 4 is 50.4 Å². The van der Waals surface area contributed by atoms with Crippen molar-refractivity contribution < 1.29 is 8.78 Å². The third-order valence-corrected chi connectivity index (χ3v) is 3.34. The van der Waals surface area contributed by atoms with Crippen LogP contribution >= 0.6 is 23.4 Å². The Kier molecular flexibility index (Phi) is 4.33. The van der Waals surface area contributed by atoms with E-state index < -0.39 is 11.0 Å². The second kappa shape index (κ2) is 5.86. The molecule has 6 nitrogen and oxygen atoms in total. The summed E-state index contributed by atoms with van der Waals surface area (Å²) in [5.74, 6) is -3.10. The fourth-order valence-corrected chi connectivity index (χ4v) is 1.98. The van der Waals surface area contributed by atoms with Gasteiger partial charge in [0.1, 0.15) is 16.5 Å². The molecule has 0 aliphatic rings. The smallest absolute Gasteiger partial charge is 0.292 e. The minimum absolute atomic E-state index is 0.168. The molecular formula is C11H9ClF2N6S. The van der Waals surface area contributed by atoms with Crippen LogP contribution in [0.5, 0.6) is 0 Å². The van der Waals surface area contributed by atoms with Gasteiger partial charge in [-0.3, -0.25) is 5.41 Å². The van der Waals surface area contributed by atoms with Gasteiger partial charge in [0.05, 0.1) is 5.39 Å². The lowest BCUT2D eigenvalue weighted by molar-refractivity contribution is 0.104. The normalized spacial score (nSPS) is 12.7. The highest BCUT2D eigenvalue weighted by Gasteiger charge is 2.29. The number of aliphatic imine (C=N–C) groups is 1. The molecule has 0 radical (unpaired) electrons. The number of alkyl halides is 2. The van der Waals surface area contributed by atoms with Crippen molar-refractivity contribution in [2.45, 2.75) is 12.8 Å². The van der Waals surface area contributed by atoms with E-state index in [1.54, 1.807) is 6.07 Å². The molecule has 21 heavy (non-hydrogen) atoms. The first kappa shape index (κ1) is 15.5. The maximum atomic E-state index is 12.9. The Balaban J connectivity index is 2.34. The average Bonchev–Trinajstić information content (AvgIpc) is 2.37. The summed E-state index contributed by atoms with van der Waals surface area (Å²) in [5.41, 5.74) is 5.87. The Morgan fingerprint density at radius 2 is 2.14 bits per heavy atom. The van der Waals surface area contributed by atoms with Gasteiger partial charge >= 0.3 is 0 Å². The fraction of sp³-hybridized carbons (Fsp3) is 0.182. The monoisotopic (exact) mass is 330 g/mol. The molecule has 2 aromatic rings. The molecule has 0 atom stereocenters. The SMILES string of the molecule is CC(F)(F)C(=N)SC(N)=Nc1ncnc2nc(Cl)ccc12. The van der Waals surface area contributed by atoms with Crippen LogP contribution in [0.1, 0.15) is 6.92 Å². The molecule has 0 spiro atoms. The highest BCUT2D eigenvalue weighted by Crippen LogP contribution is 2.25. The number of thioether (sulfide) groups is 1. The molecule has 0 unspecified atom stereocenters. The number of nitrogens with one attached hydrogen (secondary N) is 1. The zero-order valence-electron chi connectivity index (χ0n) is 10.6.